The molecule has 88 valence electrons. The van der Waals surface area contributed by atoms with E-state index in [-0.39, 0.29) is 12.0 Å². The van der Waals surface area contributed by atoms with Gasteiger partial charge >= 0.3 is 11.9 Å². The topological polar surface area (TPSA) is 90.4 Å². The second-order valence-electron chi connectivity index (χ2n) is 3.86. The lowest BCUT2D eigenvalue weighted by molar-refractivity contribution is -0.136. The van der Waals surface area contributed by atoms with Crippen LogP contribution in [0.3, 0.4) is 0 Å². The third-order valence-electron chi connectivity index (χ3n) is 2.69. The number of carbonyl (C=O) groups is 2. The second-order valence-corrected chi connectivity index (χ2v) is 3.86. The molecule has 0 aliphatic rings. The van der Waals surface area contributed by atoms with Gasteiger partial charge in [0, 0.05) is 16.6 Å². The molecule has 3 N–H and O–H groups in total. The van der Waals surface area contributed by atoms with Gasteiger partial charge in [-0.1, -0.05) is 6.07 Å². The lowest BCUT2D eigenvalue weighted by atomic mass is 10.1. The maximum absolute atomic E-state index is 10.8. The fourth-order valence-electron chi connectivity index (χ4n) is 1.90. The molecule has 5 heteroatoms. The summed E-state index contributed by atoms with van der Waals surface area (Å²) in [5.41, 5.74) is 2.29. The standard InChI is InChI=1S/C12H11NO4/c1-6-9(5-11(14)15)8-3-2-7(12(16)17)4-10(8)13-6/h2-4,13H,5H2,1H3,(H,14,15)(H,16,17). The fraction of sp³-hybridized carbons (Fsp3) is 0.167. The van der Waals surface area contributed by atoms with E-state index in [0.29, 0.717) is 11.1 Å². The van der Waals surface area contributed by atoms with Gasteiger partial charge in [0.1, 0.15) is 0 Å². The number of aromatic carboxylic acids is 1. The minimum absolute atomic E-state index is 0.0712. The summed E-state index contributed by atoms with van der Waals surface area (Å²) >= 11 is 0. The van der Waals surface area contributed by atoms with Crippen molar-refractivity contribution < 1.29 is 19.8 Å². The van der Waals surface area contributed by atoms with E-state index >= 15 is 0 Å². The lowest BCUT2D eigenvalue weighted by Crippen LogP contribution is -2.00. The Morgan fingerprint density at radius 1 is 1.29 bits per heavy atom. The monoisotopic (exact) mass is 233 g/mol. The minimum atomic E-state index is -1.00. The number of aromatic amines is 1. The van der Waals surface area contributed by atoms with Gasteiger partial charge in [-0.2, -0.15) is 0 Å². The van der Waals surface area contributed by atoms with E-state index in [4.69, 9.17) is 10.2 Å². The van der Waals surface area contributed by atoms with Crippen molar-refractivity contribution in [3.05, 3.63) is 35.0 Å². The van der Waals surface area contributed by atoms with Crippen LogP contribution in [0.5, 0.6) is 0 Å². The zero-order chi connectivity index (χ0) is 12.6. The number of hydrogen-bond donors (Lipinski definition) is 3. The Morgan fingerprint density at radius 3 is 2.59 bits per heavy atom. The van der Waals surface area contributed by atoms with Crippen molar-refractivity contribution in [2.75, 3.05) is 0 Å². The van der Waals surface area contributed by atoms with Crippen LogP contribution in [-0.2, 0) is 11.2 Å². The molecule has 0 unspecified atom stereocenters. The van der Waals surface area contributed by atoms with Crippen LogP contribution in [0.1, 0.15) is 21.6 Å². The number of rotatable bonds is 3. The zero-order valence-corrected chi connectivity index (χ0v) is 9.15. The lowest BCUT2D eigenvalue weighted by Gasteiger charge is -1.97. The van der Waals surface area contributed by atoms with Crippen LogP contribution in [0, 0.1) is 6.92 Å². The van der Waals surface area contributed by atoms with Gasteiger partial charge in [-0.3, -0.25) is 4.79 Å². The molecule has 0 radical (unpaired) electrons. The molecule has 0 amide bonds. The largest absolute Gasteiger partial charge is 0.481 e. The highest BCUT2D eigenvalue weighted by Crippen LogP contribution is 2.23. The molecule has 0 atom stereocenters. The number of fused-ring (bicyclic) bond motifs is 1. The molecule has 0 aliphatic carbocycles. The summed E-state index contributed by atoms with van der Waals surface area (Å²) in [5, 5.41) is 18.4. The van der Waals surface area contributed by atoms with Crippen molar-refractivity contribution in [2.45, 2.75) is 13.3 Å². The van der Waals surface area contributed by atoms with E-state index in [9.17, 15) is 9.59 Å². The summed E-state index contributed by atoms with van der Waals surface area (Å²) < 4.78 is 0. The number of benzene rings is 1. The fourth-order valence-corrected chi connectivity index (χ4v) is 1.90. The maximum atomic E-state index is 10.8. The molecular weight excluding hydrogens is 222 g/mol. The van der Waals surface area contributed by atoms with Crippen LogP contribution in [0.25, 0.3) is 10.9 Å². The summed E-state index contributed by atoms with van der Waals surface area (Å²) in [7, 11) is 0. The molecular formula is C12H11NO4. The molecule has 0 bridgehead atoms. The first kappa shape index (κ1) is 11.2. The smallest absolute Gasteiger partial charge is 0.335 e. The third kappa shape index (κ3) is 1.99. The second kappa shape index (κ2) is 3.93. The summed E-state index contributed by atoms with van der Waals surface area (Å²) in [4.78, 5) is 24.5. The van der Waals surface area contributed by atoms with Gasteiger partial charge in [0.15, 0.2) is 0 Å². The van der Waals surface area contributed by atoms with Gasteiger partial charge in [-0.05, 0) is 24.6 Å². The van der Waals surface area contributed by atoms with E-state index in [1.54, 1.807) is 13.0 Å². The molecule has 5 nitrogen and oxygen atoms in total. The molecule has 0 saturated heterocycles. The van der Waals surface area contributed by atoms with Crippen LogP contribution in [0.2, 0.25) is 0 Å². The van der Waals surface area contributed by atoms with Crippen LogP contribution < -0.4 is 0 Å². The van der Waals surface area contributed by atoms with Crippen molar-refractivity contribution in [1.29, 1.82) is 0 Å². The maximum Gasteiger partial charge on any atom is 0.335 e. The van der Waals surface area contributed by atoms with E-state index < -0.39 is 11.9 Å². The minimum Gasteiger partial charge on any atom is -0.481 e. The number of nitrogens with one attached hydrogen (secondary N) is 1. The van der Waals surface area contributed by atoms with E-state index in [1.165, 1.54) is 12.1 Å². The van der Waals surface area contributed by atoms with Gasteiger partial charge in [0.05, 0.1) is 12.0 Å². The van der Waals surface area contributed by atoms with Gasteiger partial charge in [-0.15, -0.1) is 0 Å². The quantitative estimate of drug-likeness (QED) is 0.753. The van der Waals surface area contributed by atoms with Gasteiger partial charge < -0.3 is 15.2 Å². The Bertz CT molecular complexity index is 612. The van der Waals surface area contributed by atoms with Crippen LogP contribution in [0.15, 0.2) is 18.2 Å². The number of carboxylic acids is 2. The van der Waals surface area contributed by atoms with Crippen molar-refractivity contribution in [3.63, 3.8) is 0 Å². The molecule has 2 aromatic rings. The average molecular weight is 233 g/mol. The van der Waals surface area contributed by atoms with Gasteiger partial charge in [0.25, 0.3) is 0 Å². The molecule has 1 aromatic heterocycles. The SMILES string of the molecule is Cc1[nH]c2cc(C(=O)O)ccc2c1CC(=O)O. The number of aryl methyl sites for hydroxylation is 1. The van der Waals surface area contributed by atoms with Gasteiger partial charge in [-0.25, -0.2) is 4.79 Å². The van der Waals surface area contributed by atoms with Crippen molar-refractivity contribution in [2.24, 2.45) is 0 Å². The Morgan fingerprint density at radius 2 is 2.00 bits per heavy atom. The Labute approximate surface area is 96.7 Å². The third-order valence-corrected chi connectivity index (χ3v) is 2.69. The Balaban J connectivity index is 2.60. The van der Waals surface area contributed by atoms with Crippen LogP contribution >= 0.6 is 0 Å². The number of aliphatic carboxylic acids is 1. The zero-order valence-electron chi connectivity index (χ0n) is 9.15. The first-order valence-corrected chi connectivity index (χ1v) is 5.05. The van der Waals surface area contributed by atoms with Crippen LogP contribution in [0.4, 0.5) is 0 Å². The predicted molar refractivity (Wildman–Crippen MR) is 61.3 cm³/mol. The molecule has 0 fully saturated rings. The molecule has 1 heterocycles. The van der Waals surface area contributed by atoms with E-state index in [2.05, 4.69) is 4.98 Å². The molecule has 0 aliphatic heterocycles. The Kier molecular flexibility index (Phi) is 2.59. The van der Waals surface area contributed by atoms with E-state index in [0.717, 1.165) is 11.1 Å². The highest BCUT2D eigenvalue weighted by molar-refractivity contribution is 5.95. The Hall–Kier alpha value is -2.30. The number of hydrogen-bond acceptors (Lipinski definition) is 2. The van der Waals surface area contributed by atoms with Crippen LogP contribution in [-0.4, -0.2) is 27.1 Å². The summed E-state index contributed by atoms with van der Waals surface area (Å²) in [6.45, 7) is 1.78. The van der Waals surface area contributed by atoms with Crippen molar-refractivity contribution in [1.82, 2.24) is 4.98 Å². The number of aromatic nitrogens is 1. The van der Waals surface area contributed by atoms with Crippen molar-refractivity contribution in [3.8, 4) is 0 Å². The molecule has 17 heavy (non-hydrogen) atoms. The molecule has 2 rings (SSSR count). The average Bonchev–Trinajstić information content (AvgIpc) is 2.54. The first-order valence-electron chi connectivity index (χ1n) is 5.05. The first-order chi connectivity index (χ1) is 7.99. The number of H-pyrrole nitrogens is 1. The highest BCUT2D eigenvalue weighted by Gasteiger charge is 2.13. The predicted octanol–water partition coefficient (Wildman–Crippen LogP) is 1.80. The highest BCUT2D eigenvalue weighted by atomic mass is 16.4. The van der Waals surface area contributed by atoms with E-state index in [1.807, 2.05) is 0 Å². The normalized spacial score (nSPS) is 10.6. The summed E-state index contributed by atoms with van der Waals surface area (Å²) in [5.74, 6) is -1.91. The summed E-state index contributed by atoms with van der Waals surface area (Å²) in [6.07, 6.45) is -0.0712. The summed E-state index contributed by atoms with van der Waals surface area (Å²) in [6, 6.07) is 4.62. The molecule has 1 aromatic carbocycles. The molecule has 0 spiro atoms. The van der Waals surface area contributed by atoms with Crippen molar-refractivity contribution >= 4 is 22.8 Å². The number of carboxylic acid groups (broad SMARTS) is 2. The van der Waals surface area contributed by atoms with Gasteiger partial charge in [0.2, 0.25) is 0 Å². The molecule has 0 saturated carbocycles.